The quantitative estimate of drug-likeness (QED) is 0.319. The van der Waals surface area contributed by atoms with Crippen molar-refractivity contribution in [1.29, 1.82) is 0 Å². The van der Waals surface area contributed by atoms with Crippen LogP contribution in [0.4, 0.5) is 10.5 Å². The molecule has 0 saturated heterocycles. The molecule has 0 unspecified atom stereocenters. The van der Waals surface area contributed by atoms with E-state index in [-0.39, 0.29) is 5.43 Å². The van der Waals surface area contributed by atoms with E-state index in [2.05, 4.69) is 5.32 Å². The topological polar surface area (TPSA) is 94.6 Å². The van der Waals surface area contributed by atoms with Gasteiger partial charge in [0.05, 0.1) is 16.5 Å². The number of anilines is 1. The number of nitrogen functional groups attached to an aromatic ring is 1. The fraction of sp³-hybridized carbons (Fsp3) is 0.267. The molecule has 1 heterocycles. The second kappa shape index (κ2) is 8.86. The molecule has 6 nitrogen and oxygen atoms in total. The predicted molar refractivity (Wildman–Crippen MR) is 143 cm³/mol. The van der Waals surface area contributed by atoms with Gasteiger partial charge in [-0.3, -0.25) is 4.79 Å². The van der Waals surface area contributed by atoms with Crippen molar-refractivity contribution in [1.82, 2.24) is 5.32 Å². The van der Waals surface area contributed by atoms with Crippen LogP contribution in [0.15, 0.2) is 82.0 Å². The number of nitrogens with one attached hydrogen (secondary N) is 1. The molecular weight excluding hydrogens is 452 g/mol. The van der Waals surface area contributed by atoms with Crippen molar-refractivity contribution in [2.45, 2.75) is 51.2 Å². The Morgan fingerprint density at radius 1 is 0.972 bits per heavy atom. The number of alkyl carbamates (subject to hydrolysis) is 1. The van der Waals surface area contributed by atoms with E-state index in [0.29, 0.717) is 28.0 Å². The van der Waals surface area contributed by atoms with Crippen LogP contribution < -0.4 is 16.5 Å². The molecule has 1 amide bonds. The number of carbonyl (C=O) groups excluding carboxylic acids is 1. The molecule has 0 aliphatic heterocycles. The maximum atomic E-state index is 13.7. The highest BCUT2D eigenvalue weighted by molar-refractivity contribution is 5.90. The van der Waals surface area contributed by atoms with Gasteiger partial charge in [-0.1, -0.05) is 54.6 Å². The minimum atomic E-state index is -0.568. The molecule has 5 rings (SSSR count). The van der Waals surface area contributed by atoms with E-state index in [4.69, 9.17) is 14.9 Å². The third kappa shape index (κ3) is 4.47. The third-order valence-corrected chi connectivity index (χ3v) is 6.63. The molecule has 6 heteroatoms. The SMILES string of the molecule is CC(C)(C)OC(=O)NC1(c2ccc(-c3c(-c4ccccc4)oc4cc(N)ccc4c3=O)cc2)CCC1. The van der Waals surface area contributed by atoms with Crippen LogP contribution >= 0.6 is 0 Å². The molecule has 0 spiro atoms. The Kier molecular flexibility index (Phi) is 5.83. The van der Waals surface area contributed by atoms with E-state index in [1.54, 1.807) is 18.2 Å². The van der Waals surface area contributed by atoms with Crippen molar-refractivity contribution in [3.63, 3.8) is 0 Å². The van der Waals surface area contributed by atoms with Gasteiger partial charge in [0, 0.05) is 17.3 Å². The number of fused-ring (bicyclic) bond motifs is 1. The summed E-state index contributed by atoms with van der Waals surface area (Å²) in [6.07, 6.45) is 2.26. The average molecular weight is 483 g/mol. The van der Waals surface area contributed by atoms with Gasteiger partial charge in [0.25, 0.3) is 0 Å². The molecule has 1 aliphatic rings. The molecule has 184 valence electrons. The molecule has 3 aromatic carbocycles. The van der Waals surface area contributed by atoms with Crippen molar-refractivity contribution < 1.29 is 13.9 Å². The second-order valence-electron chi connectivity index (χ2n) is 10.4. The van der Waals surface area contributed by atoms with E-state index in [1.165, 1.54) is 0 Å². The van der Waals surface area contributed by atoms with Crippen LogP contribution in [0.3, 0.4) is 0 Å². The van der Waals surface area contributed by atoms with Crippen molar-refractivity contribution in [3.8, 4) is 22.5 Å². The van der Waals surface area contributed by atoms with Crippen LogP contribution in [0, 0.1) is 0 Å². The molecular formula is C30H30N2O4. The largest absolute Gasteiger partial charge is 0.455 e. The maximum absolute atomic E-state index is 13.7. The fourth-order valence-corrected chi connectivity index (χ4v) is 4.74. The first-order valence-corrected chi connectivity index (χ1v) is 12.2. The minimum Gasteiger partial charge on any atom is -0.455 e. The number of hydrogen-bond acceptors (Lipinski definition) is 5. The number of amides is 1. The molecule has 3 N–H and O–H groups in total. The van der Waals surface area contributed by atoms with E-state index < -0.39 is 17.2 Å². The summed E-state index contributed by atoms with van der Waals surface area (Å²) < 4.78 is 11.8. The number of ether oxygens (including phenoxy) is 1. The summed E-state index contributed by atoms with van der Waals surface area (Å²) in [4.78, 5) is 26.2. The van der Waals surface area contributed by atoms with Gasteiger partial charge in [-0.05, 0) is 63.3 Å². The highest BCUT2D eigenvalue weighted by Gasteiger charge is 2.41. The Morgan fingerprint density at radius 3 is 2.28 bits per heavy atom. The Morgan fingerprint density at radius 2 is 1.67 bits per heavy atom. The summed E-state index contributed by atoms with van der Waals surface area (Å²) in [6, 6.07) is 22.5. The lowest BCUT2D eigenvalue weighted by Crippen LogP contribution is -2.52. The van der Waals surface area contributed by atoms with Crippen LogP contribution in [-0.4, -0.2) is 11.7 Å². The van der Waals surface area contributed by atoms with Gasteiger partial charge in [-0.25, -0.2) is 4.79 Å². The van der Waals surface area contributed by atoms with Crippen LogP contribution in [0.25, 0.3) is 33.4 Å². The third-order valence-electron chi connectivity index (χ3n) is 6.63. The van der Waals surface area contributed by atoms with Gasteiger partial charge >= 0.3 is 6.09 Å². The highest BCUT2D eigenvalue weighted by Crippen LogP contribution is 2.42. The highest BCUT2D eigenvalue weighted by atomic mass is 16.6. The first-order valence-electron chi connectivity index (χ1n) is 12.2. The summed E-state index contributed by atoms with van der Waals surface area (Å²) in [5.41, 5.74) is 8.83. The number of nitrogens with two attached hydrogens (primary N) is 1. The van der Waals surface area contributed by atoms with Gasteiger partial charge in [0.2, 0.25) is 5.43 Å². The normalized spacial score (nSPS) is 14.8. The van der Waals surface area contributed by atoms with Crippen molar-refractivity contribution in [3.05, 3.63) is 88.6 Å². The summed E-state index contributed by atoms with van der Waals surface area (Å²) in [6.45, 7) is 5.55. The van der Waals surface area contributed by atoms with Crippen molar-refractivity contribution in [2.75, 3.05) is 5.73 Å². The molecule has 4 aromatic rings. The predicted octanol–water partition coefficient (Wildman–Crippen LogP) is 6.61. The number of benzene rings is 3. The summed E-state index contributed by atoms with van der Waals surface area (Å²) in [5.74, 6) is 0.497. The number of carbonyl (C=O) groups is 1. The van der Waals surface area contributed by atoms with Crippen LogP contribution in [0.5, 0.6) is 0 Å². The summed E-state index contributed by atoms with van der Waals surface area (Å²) in [7, 11) is 0. The lowest BCUT2D eigenvalue weighted by atomic mass is 9.71. The summed E-state index contributed by atoms with van der Waals surface area (Å²) in [5, 5.41) is 3.56. The zero-order valence-corrected chi connectivity index (χ0v) is 20.8. The van der Waals surface area contributed by atoms with Crippen LogP contribution in [0.2, 0.25) is 0 Å². The molecule has 36 heavy (non-hydrogen) atoms. The first kappa shape index (κ1) is 23.7. The maximum Gasteiger partial charge on any atom is 0.408 e. The first-order chi connectivity index (χ1) is 17.2. The smallest absolute Gasteiger partial charge is 0.408 e. The molecule has 0 radical (unpaired) electrons. The van der Waals surface area contributed by atoms with E-state index in [1.807, 2.05) is 75.4 Å². The molecule has 1 aliphatic carbocycles. The molecule has 1 aromatic heterocycles. The molecule has 1 fully saturated rings. The lowest BCUT2D eigenvalue weighted by Gasteiger charge is -2.43. The number of hydrogen-bond donors (Lipinski definition) is 2. The standard InChI is InChI=1S/C30H30N2O4/c1-29(2,3)36-28(34)32-30(16-7-17-30)21-12-10-19(11-13-21)25-26(33)23-15-14-22(31)18-24(23)35-27(25)20-8-5-4-6-9-20/h4-6,8-15,18H,7,16-17,31H2,1-3H3,(H,32,34). The fourth-order valence-electron chi connectivity index (χ4n) is 4.74. The second-order valence-corrected chi connectivity index (χ2v) is 10.4. The molecule has 0 atom stereocenters. The van der Waals surface area contributed by atoms with Crippen LogP contribution in [0.1, 0.15) is 45.6 Å². The lowest BCUT2D eigenvalue weighted by molar-refractivity contribution is 0.0377. The Labute approximate surface area is 210 Å². The van der Waals surface area contributed by atoms with E-state index >= 15 is 0 Å². The molecule has 0 bridgehead atoms. The zero-order chi connectivity index (χ0) is 25.5. The monoisotopic (exact) mass is 482 g/mol. The summed E-state index contributed by atoms with van der Waals surface area (Å²) >= 11 is 0. The van der Waals surface area contributed by atoms with Crippen molar-refractivity contribution in [2.24, 2.45) is 0 Å². The number of rotatable bonds is 4. The molecule has 1 saturated carbocycles. The van der Waals surface area contributed by atoms with Gasteiger partial charge in [0.15, 0.2) is 0 Å². The zero-order valence-electron chi connectivity index (χ0n) is 20.8. The Bertz CT molecular complexity index is 1480. The van der Waals surface area contributed by atoms with Gasteiger partial charge < -0.3 is 20.2 Å². The minimum absolute atomic E-state index is 0.118. The van der Waals surface area contributed by atoms with Gasteiger partial charge in [-0.15, -0.1) is 0 Å². The Balaban J connectivity index is 1.57. The van der Waals surface area contributed by atoms with Gasteiger partial charge in [0.1, 0.15) is 16.9 Å². The van der Waals surface area contributed by atoms with E-state index in [0.717, 1.165) is 36.0 Å². The Hall–Kier alpha value is -4.06. The van der Waals surface area contributed by atoms with Crippen molar-refractivity contribution >= 4 is 22.7 Å². The average Bonchev–Trinajstić information content (AvgIpc) is 2.81. The van der Waals surface area contributed by atoms with Crippen LogP contribution in [-0.2, 0) is 10.3 Å². The van der Waals surface area contributed by atoms with E-state index in [9.17, 15) is 9.59 Å². The van der Waals surface area contributed by atoms with Gasteiger partial charge in [-0.2, -0.15) is 0 Å².